The maximum atomic E-state index is 13.7. The van der Waals surface area contributed by atoms with Crippen LogP contribution in [0.1, 0.15) is 19.4 Å². The summed E-state index contributed by atoms with van der Waals surface area (Å²) in [4.78, 5) is 2.21. The van der Waals surface area contributed by atoms with Crippen LogP contribution in [-0.4, -0.2) is 49.8 Å². The summed E-state index contributed by atoms with van der Waals surface area (Å²) in [5.74, 6) is -0.570. The minimum absolute atomic E-state index is 0.0111. The van der Waals surface area contributed by atoms with E-state index in [1.165, 1.54) is 22.5 Å². The fourth-order valence-electron chi connectivity index (χ4n) is 2.58. The number of nitrogens with two attached hydrogens (primary N) is 1. The standard InChI is InChI=1S/C14H22FN3O2S/c1-11(2)17-6-8-18(9-7-17)21(19,20)14-5-3-4-13(15)12(14)10-16/h3-5,11H,6-10,16H2,1-2H3. The van der Waals surface area contributed by atoms with Crippen LogP contribution in [0.15, 0.2) is 23.1 Å². The van der Waals surface area contributed by atoms with Gasteiger partial charge in [0.05, 0.1) is 4.90 Å². The highest BCUT2D eigenvalue weighted by molar-refractivity contribution is 7.89. The first kappa shape index (κ1) is 16.4. The van der Waals surface area contributed by atoms with Crippen molar-refractivity contribution in [1.29, 1.82) is 0 Å². The Morgan fingerprint density at radius 1 is 1.24 bits per heavy atom. The lowest BCUT2D eigenvalue weighted by Gasteiger charge is -2.36. The SMILES string of the molecule is CC(C)N1CCN(S(=O)(=O)c2cccc(F)c2CN)CC1. The molecule has 1 fully saturated rings. The van der Waals surface area contributed by atoms with E-state index in [9.17, 15) is 12.8 Å². The van der Waals surface area contributed by atoms with Crippen molar-refractivity contribution >= 4 is 10.0 Å². The van der Waals surface area contributed by atoms with Crippen LogP contribution in [0.4, 0.5) is 4.39 Å². The number of rotatable bonds is 4. The molecule has 7 heteroatoms. The summed E-state index contributed by atoms with van der Waals surface area (Å²) in [5.41, 5.74) is 5.57. The van der Waals surface area contributed by atoms with Gasteiger partial charge >= 0.3 is 0 Å². The summed E-state index contributed by atoms with van der Waals surface area (Å²) in [6, 6.07) is 4.46. The molecule has 0 spiro atoms. The average Bonchev–Trinajstić information content (AvgIpc) is 2.47. The zero-order valence-corrected chi connectivity index (χ0v) is 13.2. The monoisotopic (exact) mass is 315 g/mol. The van der Waals surface area contributed by atoms with E-state index >= 15 is 0 Å². The van der Waals surface area contributed by atoms with Gasteiger partial charge in [0.2, 0.25) is 10.0 Å². The van der Waals surface area contributed by atoms with E-state index in [1.807, 2.05) is 0 Å². The van der Waals surface area contributed by atoms with Gasteiger partial charge in [0, 0.05) is 44.3 Å². The number of sulfonamides is 1. The van der Waals surface area contributed by atoms with Crippen LogP contribution in [0.5, 0.6) is 0 Å². The predicted octanol–water partition coefficient (Wildman–Crippen LogP) is 0.999. The van der Waals surface area contributed by atoms with Crippen LogP contribution in [0.3, 0.4) is 0 Å². The number of nitrogens with zero attached hydrogens (tertiary/aromatic N) is 2. The van der Waals surface area contributed by atoms with Crippen molar-refractivity contribution in [1.82, 2.24) is 9.21 Å². The quantitative estimate of drug-likeness (QED) is 0.900. The fourth-order valence-corrected chi connectivity index (χ4v) is 4.24. The first-order valence-corrected chi connectivity index (χ1v) is 8.53. The van der Waals surface area contributed by atoms with Gasteiger partial charge in [-0.25, -0.2) is 12.8 Å². The molecule has 0 radical (unpaired) electrons. The Hall–Kier alpha value is -1.02. The van der Waals surface area contributed by atoms with Gasteiger partial charge in [-0.1, -0.05) is 6.07 Å². The fraction of sp³-hybridized carbons (Fsp3) is 0.571. The number of hydrogen-bond donors (Lipinski definition) is 1. The predicted molar refractivity (Wildman–Crippen MR) is 79.8 cm³/mol. The van der Waals surface area contributed by atoms with Crippen LogP contribution < -0.4 is 5.73 Å². The van der Waals surface area contributed by atoms with E-state index in [2.05, 4.69) is 18.7 Å². The minimum atomic E-state index is -3.69. The molecule has 1 aliphatic rings. The first-order chi connectivity index (χ1) is 9.87. The Kier molecular flexibility index (Phi) is 4.98. The average molecular weight is 315 g/mol. The third-order valence-electron chi connectivity index (χ3n) is 3.90. The molecule has 118 valence electrons. The Balaban J connectivity index is 2.26. The Bertz CT molecular complexity index is 596. The number of hydrogen-bond acceptors (Lipinski definition) is 4. The number of halogens is 1. The molecule has 2 N–H and O–H groups in total. The smallest absolute Gasteiger partial charge is 0.243 e. The van der Waals surface area contributed by atoms with Gasteiger partial charge in [0.1, 0.15) is 5.82 Å². The maximum Gasteiger partial charge on any atom is 0.243 e. The van der Waals surface area contributed by atoms with Crippen LogP contribution in [0.25, 0.3) is 0 Å². The molecule has 0 unspecified atom stereocenters. The molecule has 2 rings (SSSR count). The summed E-state index contributed by atoms with van der Waals surface area (Å²) in [7, 11) is -3.69. The molecule has 1 aliphatic heterocycles. The summed E-state index contributed by atoms with van der Waals surface area (Å²) < 4.78 is 40.5. The Morgan fingerprint density at radius 3 is 2.38 bits per heavy atom. The number of benzene rings is 1. The molecule has 0 saturated carbocycles. The van der Waals surface area contributed by atoms with Gasteiger partial charge < -0.3 is 5.73 Å². The highest BCUT2D eigenvalue weighted by atomic mass is 32.2. The molecule has 0 amide bonds. The van der Waals surface area contributed by atoms with Gasteiger partial charge in [-0.15, -0.1) is 0 Å². The van der Waals surface area contributed by atoms with Gasteiger partial charge in [-0.3, -0.25) is 4.90 Å². The van der Waals surface area contributed by atoms with E-state index in [0.717, 1.165) is 0 Å². The van der Waals surface area contributed by atoms with Crippen molar-refractivity contribution in [3.8, 4) is 0 Å². The lowest BCUT2D eigenvalue weighted by Crippen LogP contribution is -2.50. The molecule has 0 aliphatic carbocycles. The summed E-state index contributed by atoms with van der Waals surface area (Å²) in [6.07, 6.45) is 0. The van der Waals surface area contributed by atoms with Crippen molar-refractivity contribution in [2.45, 2.75) is 31.3 Å². The molecule has 5 nitrogen and oxygen atoms in total. The summed E-state index contributed by atoms with van der Waals surface area (Å²) in [5, 5.41) is 0. The van der Waals surface area contributed by atoms with Crippen LogP contribution in [-0.2, 0) is 16.6 Å². The largest absolute Gasteiger partial charge is 0.326 e. The molecule has 1 heterocycles. The van der Waals surface area contributed by atoms with Crippen LogP contribution in [0.2, 0.25) is 0 Å². The second kappa shape index (κ2) is 6.39. The summed E-state index contributed by atoms with van der Waals surface area (Å²) in [6.45, 7) is 6.25. The topological polar surface area (TPSA) is 66.6 Å². The Labute approximate surface area is 125 Å². The second-order valence-corrected chi connectivity index (χ2v) is 7.36. The van der Waals surface area contributed by atoms with Crippen LogP contribution >= 0.6 is 0 Å². The summed E-state index contributed by atoms with van der Waals surface area (Å²) >= 11 is 0. The highest BCUT2D eigenvalue weighted by Crippen LogP contribution is 2.23. The highest BCUT2D eigenvalue weighted by Gasteiger charge is 2.31. The van der Waals surface area contributed by atoms with Crippen LogP contribution in [0, 0.1) is 5.82 Å². The number of piperazine rings is 1. The van der Waals surface area contributed by atoms with Gasteiger partial charge in [-0.05, 0) is 26.0 Å². The third kappa shape index (κ3) is 3.26. The van der Waals surface area contributed by atoms with Gasteiger partial charge in [-0.2, -0.15) is 4.31 Å². The van der Waals surface area contributed by atoms with Crippen molar-refractivity contribution in [2.24, 2.45) is 5.73 Å². The molecule has 0 aromatic heterocycles. The van der Waals surface area contributed by atoms with Gasteiger partial charge in [0.15, 0.2) is 0 Å². The van der Waals surface area contributed by atoms with E-state index in [0.29, 0.717) is 32.2 Å². The third-order valence-corrected chi connectivity index (χ3v) is 5.88. The molecule has 21 heavy (non-hydrogen) atoms. The van der Waals surface area contributed by atoms with Crippen molar-refractivity contribution < 1.29 is 12.8 Å². The van der Waals surface area contributed by atoms with E-state index in [4.69, 9.17) is 5.73 Å². The molecular weight excluding hydrogens is 293 g/mol. The van der Waals surface area contributed by atoms with E-state index in [1.54, 1.807) is 0 Å². The van der Waals surface area contributed by atoms with Crippen molar-refractivity contribution in [3.05, 3.63) is 29.6 Å². The molecular formula is C14H22FN3O2S. The molecule has 1 saturated heterocycles. The van der Waals surface area contributed by atoms with Gasteiger partial charge in [0.25, 0.3) is 0 Å². The minimum Gasteiger partial charge on any atom is -0.326 e. The van der Waals surface area contributed by atoms with Crippen molar-refractivity contribution in [2.75, 3.05) is 26.2 Å². The molecule has 0 atom stereocenters. The molecule has 1 aromatic rings. The lowest BCUT2D eigenvalue weighted by atomic mass is 10.2. The normalized spacial score (nSPS) is 18.3. The first-order valence-electron chi connectivity index (χ1n) is 7.09. The second-order valence-electron chi connectivity index (χ2n) is 5.45. The molecule has 0 bridgehead atoms. The Morgan fingerprint density at radius 2 is 1.86 bits per heavy atom. The van der Waals surface area contributed by atoms with Crippen molar-refractivity contribution in [3.63, 3.8) is 0 Å². The maximum absolute atomic E-state index is 13.7. The van der Waals surface area contributed by atoms with E-state index < -0.39 is 15.8 Å². The van der Waals surface area contributed by atoms with E-state index in [-0.39, 0.29) is 17.0 Å². The zero-order chi connectivity index (χ0) is 15.6. The zero-order valence-electron chi connectivity index (χ0n) is 12.4. The molecule has 1 aromatic carbocycles. The lowest BCUT2D eigenvalue weighted by molar-refractivity contribution is 0.154.